The van der Waals surface area contributed by atoms with Crippen molar-refractivity contribution in [3.8, 4) is 0 Å². The highest BCUT2D eigenvalue weighted by Gasteiger charge is 2.40. The zero-order chi connectivity index (χ0) is 27.9. The number of hydrogen-bond donors (Lipinski definition) is 2. The molecule has 3 rings (SSSR count). The Bertz CT molecular complexity index is 1270. The van der Waals surface area contributed by atoms with Crippen LogP contribution in [-0.4, -0.2) is 35.0 Å². The van der Waals surface area contributed by atoms with Crippen LogP contribution in [0.5, 0.6) is 0 Å². The lowest BCUT2D eigenvalue weighted by molar-refractivity contribution is -0.142. The van der Waals surface area contributed by atoms with Crippen LogP contribution in [0.3, 0.4) is 0 Å². The number of pyridine rings is 1. The summed E-state index contributed by atoms with van der Waals surface area (Å²) >= 11 is 12.4. The molecule has 3 aromatic rings. The molecule has 202 valence electrons. The highest BCUT2D eigenvalue weighted by Crippen LogP contribution is 2.43. The van der Waals surface area contributed by atoms with Crippen LogP contribution in [0.25, 0.3) is 0 Å². The number of nitrogens with one attached hydrogen (secondary N) is 1. The first-order valence-corrected chi connectivity index (χ1v) is 12.7. The monoisotopic (exact) mass is 564 g/mol. The lowest BCUT2D eigenvalue weighted by atomic mass is 9.76. The second-order valence-corrected chi connectivity index (χ2v) is 9.62. The van der Waals surface area contributed by atoms with E-state index in [1.807, 2.05) is 12.1 Å². The van der Waals surface area contributed by atoms with Crippen molar-refractivity contribution in [3.05, 3.63) is 98.8 Å². The number of halogens is 4. The van der Waals surface area contributed by atoms with Gasteiger partial charge < -0.3 is 15.2 Å². The predicted octanol–water partition coefficient (Wildman–Crippen LogP) is 6.07. The van der Waals surface area contributed by atoms with Crippen LogP contribution < -0.4 is 5.32 Å². The van der Waals surface area contributed by atoms with Gasteiger partial charge in [-0.05, 0) is 53.4 Å². The Kier molecular flexibility index (Phi) is 10.2. The summed E-state index contributed by atoms with van der Waals surface area (Å²) in [6, 6.07) is 14.5. The quantitative estimate of drug-likeness (QED) is 0.218. The highest BCUT2D eigenvalue weighted by molar-refractivity contribution is 6.31. The molecule has 0 unspecified atom stereocenters. The maximum Gasteiger partial charge on any atom is 0.310 e. The maximum absolute atomic E-state index is 13.5. The Morgan fingerprint density at radius 2 is 1.76 bits per heavy atom. The number of benzene rings is 2. The number of carbonyl (C=O) groups is 2. The molecule has 38 heavy (non-hydrogen) atoms. The second-order valence-electron chi connectivity index (χ2n) is 8.83. The minimum Gasteiger partial charge on any atom is -0.466 e. The first-order valence-electron chi connectivity index (χ1n) is 12.0. The zero-order valence-corrected chi connectivity index (χ0v) is 22.4. The summed E-state index contributed by atoms with van der Waals surface area (Å²) in [6.45, 7) is 3.90. The molecule has 0 aliphatic heterocycles. The molecule has 0 fully saturated rings. The summed E-state index contributed by atoms with van der Waals surface area (Å²) in [5, 5.41) is 14.4. The van der Waals surface area contributed by atoms with Crippen molar-refractivity contribution in [1.82, 2.24) is 10.3 Å². The molecule has 0 saturated heterocycles. The van der Waals surface area contributed by atoms with Crippen LogP contribution in [0.1, 0.15) is 58.8 Å². The number of ether oxygens (including phenoxy) is 1. The van der Waals surface area contributed by atoms with Crippen molar-refractivity contribution in [2.45, 2.75) is 51.2 Å². The molecule has 6 nitrogen and oxygen atoms in total. The number of esters is 1. The number of aromatic nitrogens is 1. The van der Waals surface area contributed by atoms with E-state index in [-0.39, 0.29) is 46.1 Å². The Labute approximate surface area is 229 Å². The third-order valence-corrected chi connectivity index (χ3v) is 6.80. The smallest absolute Gasteiger partial charge is 0.310 e. The van der Waals surface area contributed by atoms with Crippen LogP contribution in [0.4, 0.5) is 8.78 Å². The van der Waals surface area contributed by atoms with Crippen LogP contribution >= 0.6 is 23.2 Å². The molecular formula is C28H28Cl2F2N2O4. The number of amides is 1. The normalized spacial score (nSPS) is 13.6. The number of carbonyl (C=O) groups excluding carboxylic acids is 2. The maximum atomic E-state index is 13.5. The molecule has 2 atom stereocenters. The highest BCUT2D eigenvalue weighted by atomic mass is 35.5. The molecule has 10 heteroatoms. The lowest BCUT2D eigenvalue weighted by Crippen LogP contribution is -2.34. The lowest BCUT2D eigenvalue weighted by Gasteiger charge is -2.35. The van der Waals surface area contributed by atoms with E-state index in [1.165, 1.54) is 30.5 Å². The predicted molar refractivity (Wildman–Crippen MR) is 142 cm³/mol. The molecule has 2 N–H and O–H groups in total. The summed E-state index contributed by atoms with van der Waals surface area (Å²) in [5.74, 6) is -1.54. The van der Waals surface area contributed by atoms with E-state index < -0.39 is 24.4 Å². The molecule has 0 aliphatic rings. The third kappa shape index (κ3) is 7.49. The van der Waals surface area contributed by atoms with Crippen LogP contribution in [-0.2, 0) is 28.1 Å². The first kappa shape index (κ1) is 29.5. The van der Waals surface area contributed by atoms with E-state index in [2.05, 4.69) is 10.3 Å². The van der Waals surface area contributed by atoms with Gasteiger partial charge in [-0.1, -0.05) is 60.5 Å². The molecule has 2 aromatic carbocycles. The number of alkyl halides is 2. The van der Waals surface area contributed by atoms with Crippen molar-refractivity contribution in [2.75, 3.05) is 6.61 Å². The van der Waals surface area contributed by atoms with Gasteiger partial charge in [0.15, 0.2) is 0 Å². The molecule has 0 spiro atoms. The molecule has 0 saturated carbocycles. The van der Waals surface area contributed by atoms with Gasteiger partial charge in [-0.2, -0.15) is 0 Å². The van der Waals surface area contributed by atoms with Gasteiger partial charge in [0.25, 0.3) is 5.91 Å². The second kappa shape index (κ2) is 13.1. The SMILES string of the molecule is CCOC(=O)Cc1ccc(CNC(=O)c2ccc([C@@H](C)[C@](O)(CC(F)F)c3ccnc(Cl)c3)c(Cl)c2)cc1. The first-order chi connectivity index (χ1) is 18.0. The van der Waals surface area contributed by atoms with Crippen LogP contribution in [0, 0.1) is 0 Å². The van der Waals surface area contributed by atoms with Crippen molar-refractivity contribution in [1.29, 1.82) is 0 Å². The van der Waals surface area contributed by atoms with E-state index in [0.29, 0.717) is 12.2 Å². The minimum atomic E-state index is -2.79. The number of nitrogens with zero attached hydrogens (tertiary/aromatic N) is 1. The van der Waals surface area contributed by atoms with E-state index in [0.717, 1.165) is 11.1 Å². The summed E-state index contributed by atoms with van der Waals surface area (Å²) in [6.07, 6.45) is -2.13. The van der Waals surface area contributed by atoms with Gasteiger partial charge in [-0.3, -0.25) is 9.59 Å². The van der Waals surface area contributed by atoms with Gasteiger partial charge in [-0.25, -0.2) is 13.8 Å². The molecule has 1 amide bonds. The standard InChI is InChI=1S/C28H28Cl2F2N2O4/c1-3-38-26(35)12-18-4-6-19(7-5-18)16-34-27(36)20-8-9-22(23(29)13-20)17(2)28(37,15-25(31)32)21-10-11-33-24(30)14-21/h4-11,13-14,17,25,37H,3,12,15-16H2,1-2H3,(H,34,36)/t17-,28-/m1/s1. The van der Waals surface area contributed by atoms with E-state index in [1.54, 1.807) is 32.0 Å². The van der Waals surface area contributed by atoms with Crippen molar-refractivity contribution in [3.63, 3.8) is 0 Å². The van der Waals surface area contributed by atoms with Crippen molar-refractivity contribution in [2.24, 2.45) is 0 Å². The molecule has 1 heterocycles. The van der Waals surface area contributed by atoms with Crippen LogP contribution in [0.15, 0.2) is 60.8 Å². The van der Waals surface area contributed by atoms with E-state index >= 15 is 0 Å². The summed E-state index contributed by atoms with van der Waals surface area (Å²) in [4.78, 5) is 28.2. The number of hydrogen-bond acceptors (Lipinski definition) is 5. The zero-order valence-electron chi connectivity index (χ0n) is 20.9. The van der Waals surface area contributed by atoms with Crippen LogP contribution in [0.2, 0.25) is 10.2 Å². The third-order valence-electron chi connectivity index (χ3n) is 6.27. The fourth-order valence-corrected chi connectivity index (χ4v) is 4.68. The Balaban J connectivity index is 1.72. The molecular weight excluding hydrogens is 537 g/mol. The summed E-state index contributed by atoms with van der Waals surface area (Å²) in [7, 11) is 0. The van der Waals surface area contributed by atoms with Gasteiger partial charge in [0.1, 0.15) is 10.8 Å². The van der Waals surface area contributed by atoms with Gasteiger partial charge in [0, 0.05) is 35.7 Å². The van der Waals surface area contributed by atoms with E-state index in [4.69, 9.17) is 27.9 Å². The van der Waals surface area contributed by atoms with E-state index in [9.17, 15) is 23.5 Å². The Morgan fingerprint density at radius 1 is 1.08 bits per heavy atom. The molecule has 0 bridgehead atoms. The average molecular weight is 565 g/mol. The Hall–Kier alpha value is -3.07. The average Bonchev–Trinajstić information content (AvgIpc) is 2.87. The molecule has 0 radical (unpaired) electrons. The topological polar surface area (TPSA) is 88.5 Å². The fourth-order valence-electron chi connectivity index (χ4n) is 4.17. The Morgan fingerprint density at radius 3 is 2.37 bits per heavy atom. The number of rotatable bonds is 11. The fraction of sp³-hybridized carbons (Fsp3) is 0.321. The van der Waals surface area contributed by atoms with Crippen molar-refractivity contribution >= 4 is 35.1 Å². The van der Waals surface area contributed by atoms with Gasteiger partial charge >= 0.3 is 5.97 Å². The minimum absolute atomic E-state index is 0.0640. The summed E-state index contributed by atoms with van der Waals surface area (Å²) in [5.41, 5.74) is 0.515. The number of aliphatic hydroxyl groups is 1. The summed E-state index contributed by atoms with van der Waals surface area (Å²) < 4.78 is 31.9. The van der Waals surface area contributed by atoms with Gasteiger partial charge in [0.05, 0.1) is 13.0 Å². The van der Waals surface area contributed by atoms with Gasteiger partial charge in [-0.15, -0.1) is 0 Å². The van der Waals surface area contributed by atoms with Crippen molar-refractivity contribution < 1.29 is 28.2 Å². The molecule has 0 aliphatic carbocycles. The largest absolute Gasteiger partial charge is 0.466 e. The van der Waals surface area contributed by atoms with Gasteiger partial charge in [0.2, 0.25) is 6.43 Å². The molecule has 1 aromatic heterocycles.